The van der Waals surface area contributed by atoms with Gasteiger partial charge in [0.1, 0.15) is 0 Å². The average molecular weight is 365 g/mol. The molecule has 2 unspecified atom stereocenters. The predicted octanol–water partition coefficient (Wildman–Crippen LogP) is 4.71. The number of ether oxygens (including phenoxy) is 1. The molecule has 0 aromatic heterocycles. The Morgan fingerprint density at radius 1 is 1.12 bits per heavy atom. The van der Waals surface area contributed by atoms with Crippen LogP contribution in [0.4, 0.5) is 0 Å². The summed E-state index contributed by atoms with van der Waals surface area (Å²) >= 11 is 0. The number of nitrogens with zero attached hydrogens (tertiary/aromatic N) is 1. The third-order valence-electron chi connectivity index (χ3n) is 5.46. The van der Waals surface area contributed by atoms with Crippen molar-refractivity contribution >= 4 is 0 Å². The largest absolute Gasteiger partial charge is 0.374 e. The fraction of sp³-hybridized carbons (Fsp3) is 0.913. The molecule has 0 bridgehead atoms. The third kappa shape index (κ3) is 11.2. The van der Waals surface area contributed by atoms with Crippen LogP contribution in [0.5, 0.6) is 0 Å². The molecule has 152 valence electrons. The van der Waals surface area contributed by atoms with E-state index in [0.717, 1.165) is 45.2 Å². The first kappa shape index (κ1) is 23.5. The topological polar surface area (TPSA) is 24.5 Å². The second-order valence-corrected chi connectivity index (χ2v) is 8.02. The van der Waals surface area contributed by atoms with E-state index in [1.54, 1.807) is 0 Å². The van der Waals surface area contributed by atoms with E-state index in [0.29, 0.717) is 12.0 Å². The monoisotopic (exact) mass is 364 g/mol. The predicted molar refractivity (Wildman–Crippen MR) is 113 cm³/mol. The molecule has 1 rings (SSSR count). The molecule has 3 heteroatoms. The van der Waals surface area contributed by atoms with Gasteiger partial charge in [0, 0.05) is 25.6 Å². The molecule has 0 aromatic rings. The van der Waals surface area contributed by atoms with E-state index in [2.05, 4.69) is 49.8 Å². The summed E-state index contributed by atoms with van der Waals surface area (Å²) in [5, 5.41) is 3.65. The van der Waals surface area contributed by atoms with Crippen molar-refractivity contribution in [2.24, 2.45) is 11.8 Å². The summed E-state index contributed by atoms with van der Waals surface area (Å²) in [6.07, 6.45) is 10.8. The highest BCUT2D eigenvalue weighted by atomic mass is 16.5. The Bertz CT molecular complexity index is 387. The number of morpholine rings is 1. The number of unbranched alkanes of at least 4 members (excludes halogenated alkanes) is 3. The molecule has 1 aliphatic rings. The summed E-state index contributed by atoms with van der Waals surface area (Å²) in [6, 6.07) is 0. The van der Waals surface area contributed by atoms with Crippen LogP contribution in [0, 0.1) is 23.7 Å². The Morgan fingerprint density at radius 3 is 2.65 bits per heavy atom. The lowest BCUT2D eigenvalue weighted by molar-refractivity contribution is -0.0228. The molecule has 26 heavy (non-hydrogen) atoms. The van der Waals surface area contributed by atoms with Crippen LogP contribution in [-0.4, -0.2) is 50.3 Å². The average Bonchev–Trinajstić information content (AvgIpc) is 2.65. The molecule has 1 heterocycles. The fourth-order valence-corrected chi connectivity index (χ4v) is 3.54. The normalized spacial score (nSPS) is 20.4. The van der Waals surface area contributed by atoms with Crippen LogP contribution in [-0.2, 0) is 4.74 Å². The summed E-state index contributed by atoms with van der Waals surface area (Å²) in [6.45, 7) is 15.0. The van der Waals surface area contributed by atoms with Crippen LogP contribution in [0.2, 0.25) is 0 Å². The van der Waals surface area contributed by atoms with Gasteiger partial charge in [-0.1, -0.05) is 78.1 Å². The molecule has 0 aromatic carbocycles. The van der Waals surface area contributed by atoms with Gasteiger partial charge in [0.15, 0.2) is 0 Å². The smallest absolute Gasteiger partial charge is 0.0827 e. The maximum atomic E-state index is 5.95. The van der Waals surface area contributed by atoms with Crippen LogP contribution in [0.3, 0.4) is 0 Å². The first-order valence-corrected chi connectivity index (χ1v) is 11.2. The van der Waals surface area contributed by atoms with Crippen molar-refractivity contribution in [3.63, 3.8) is 0 Å². The van der Waals surface area contributed by atoms with Gasteiger partial charge in [0.25, 0.3) is 0 Å². The molecule has 3 nitrogen and oxygen atoms in total. The second-order valence-electron chi connectivity index (χ2n) is 8.02. The van der Waals surface area contributed by atoms with Crippen molar-refractivity contribution in [1.29, 1.82) is 0 Å². The second kappa shape index (κ2) is 15.5. The molecule has 0 aliphatic carbocycles. The first-order valence-electron chi connectivity index (χ1n) is 11.2. The van der Waals surface area contributed by atoms with E-state index < -0.39 is 0 Å². The maximum absolute atomic E-state index is 5.95. The van der Waals surface area contributed by atoms with Gasteiger partial charge in [-0.2, -0.15) is 0 Å². The summed E-state index contributed by atoms with van der Waals surface area (Å²) in [5.74, 6) is 8.20. The SMILES string of the molecule is CCCCCC(C)C#CCN1CCO[C@H](CNCC(CC)CCCC)C1. The van der Waals surface area contributed by atoms with Gasteiger partial charge in [0.2, 0.25) is 0 Å². The lowest BCUT2D eigenvalue weighted by Crippen LogP contribution is -2.47. The molecule has 1 aliphatic heterocycles. The van der Waals surface area contributed by atoms with Crippen molar-refractivity contribution in [2.45, 2.75) is 85.2 Å². The highest BCUT2D eigenvalue weighted by Crippen LogP contribution is 2.12. The van der Waals surface area contributed by atoms with Gasteiger partial charge in [0.05, 0.1) is 19.3 Å². The molecule has 3 atom stereocenters. The van der Waals surface area contributed by atoms with Crippen molar-refractivity contribution in [3.8, 4) is 11.8 Å². The summed E-state index contributed by atoms with van der Waals surface area (Å²) in [4.78, 5) is 2.45. The Morgan fingerprint density at radius 2 is 1.92 bits per heavy atom. The summed E-state index contributed by atoms with van der Waals surface area (Å²) in [5.41, 5.74) is 0. The molecule has 0 amide bonds. The van der Waals surface area contributed by atoms with E-state index in [-0.39, 0.29) is 0 Å². The van der Waals surface area contributed by atoms with Gasteiger partial charge in [-0.05, 0) is 25.3 Å². The van der Waals surface area contributed by atoms with Crippen LogP contribution in [0.25, 0.3) is 0 Å². The maximum Gasteiger partial charge on any atom is 0.0827 e. The zero-order chi connectivity index (χ0) is 19.0. The van der Waals surface area contributed by atoms with Gasteiger partial charge in [-0.25, -0.2) is 0 Å². The zero-order valence-corrected chi connectivity index (χ0v) is 18.0. The highest BCUT2D eigenvalue weighted by Gasteiger charge is 2.19. The first-order chi connectivity index (χ1) is 12.7. The number of nitrogens with one attached hydrogen (secondary N) is 1. The van der Waals surface area contributed by atoms with E-state index in [9.17, 15) is 0 Å². The van der Waals surface area contributed by atoms with E-state index in [1.807, 2.05) is 0 Å². The minimum Gasteiger partial charge on any atom is -0.374 e. The summed E-state index contributed by atoms with van der Waals surface area (Å²) < 4.78 is 5.95. The Labute approximate surface area is 163 Å². The molecular formula is C23H44N2O. The standard InChI is InChI=1S/C23H44N2O/c1-5-8-10-12-21(4)13-11-15-25-16-17-26-23(20-25)19-24-18-22(7-3)14-9-6-2/h21-24H,5-10,12,14-20H2,1-4H3/t21?,22?,23-/m1/s1. The summed E-state index contributed by atoms with van der Waals surface area (Å²) in [7, 11) is 0. The van der Waals surface area contributed by atoms with E-state index >= 15 is 0 Å². The number of hydrogen-bond acceptors (Lipinski definition) is 3. The zero-order valence-electron chi connectivity index (χ0n) is 18.0. The van der Waals surface area contributed by atoms with Gasteiger partial charge in [-0.15, -0.1) is 0 Å². The number of hydrogen-bond donors (Lipinski definition) is 1. The fourth-order valence-electron chi connectivity index (χ4n) is 3.54. The van der Waals surface area contributed by atoms with Crippen molar-refractivity contribution < 1.29 is 4.74 Å². The Hall–Kier alpha value is -0.560. The Balaban J connectivity index is 2.21. The van der Waals surface area contributed by atoms with Gasteiger partial charge < -0.3 is 10.1 Å². The van der Waals surface area contributed by atoms with E-state index in [4.69, 9.17) is 4.74 Å². The van der Waals surface area contributed by atoms with Crippen LogP contribution in [0.15, 0.2) is 0 Å². The van der Waals surface area contributed by atoms with Crippen molar-refractivity contribution in [2.75, 3.05) is 39.3 Å². The lowest BCUT2D eigenvalue weighted by Gasteiger charge is -2.32. The van der Waals surface area contributed by atoms with Crippen LogP contribution in [0.1, 0.15) is 79.1 Å². The third-order valence-corrected chi connectivity index (χ3v) is 5.46. The van der Waals surface area contributed by atoms with E-state index in [1.165, 1.54) is 51.4 Å². The van der Waals surface area contributed by atoms with Crippen LogP contribution >= 0.6 is 0 Å². The van der Waals surface area contributed by atoms with Gasteiger partial charge in [-0.3, -0.25) is 4.90 Å². The highest BCUT2D eigenvalue weighted by molar-refractivity contribution is 5.04. The molecule has 1 saturated heterocycles. The van der Waals surface area contributed by atoms with Gasteiger partial charge >= 0.3 is 0 Å². The molecule has 1 fully saturated rings. The van der Waals surface area contributed by atoms with Crippen molar-refractivity contribution in [1.82, 2.24) is 10.2 Å². The molecule has 0 spiro atoms. The minimum absolute atomic E-state index is 0.316. The minimum atomic E-state index is 0.316. The molecule has 0 radical (unpaired) electrons. The molecule has 0 saturated carbocycles. The van der Waals surface area contributed by atoms with Crippen molar-refractivity contribution in [3.05, 3.63) is 0 Å². The van der Waals surface area contributed by atoms with Crippen LogP contribution < -0.4 is 5.32 Å². The quantitative estimate of drug-likeness (QED) is 0.378. The Kier molecular flexibility index (Phi) is 14.0. The molecule has 1 N–H and O–H groups in total. The molecular weight excluding hydrogens is 320 g/mol. The number of rotatable bonds is 13. The lowest BCUT2D eigenvalue weighted by atomic mass is 9.99.